The summed E-state index contributed by atoms with van der Waals surface area (Å²) in [7, 11) is 0. The Bertz CT molecular complexity index is 1470. The molecule has 35 nitrogen and oxygen atoms in total. The fourth-order valence-electron chi connectivity index (χ4n) is 10.4. The molecule has 0 aromatic heterocycles. The maximum atomic E-state index is 11.3. The van der Waals surface area contributed by atoms with E-state index in [1.807, 2.05) is 0 Å². The summed E-state index contributed by atoms with van der Waals surface area (Å²) in [5.74, 6) is 0. The number of aliphatic hydroxyl groups is 21. The molecule has 35 heteroatoms. The highest BCUT2D eigenvalue weighted by Gasteiger charge is 2.59. The molecular weight excluding hydrogens is 1060 g/mol. The van der Waals surface area contributed by atoms with Crippen molar-refractivity contribution in [3.05, 3.63) is 0 Å². The monoisotopic (exact) mass is 1130 g/mol. The van der Waals surface area contributed by atoms with Crippen LogP contribution in [0.15, 0.2) is 0 Å². The molecule has 35 atom stereocenters. The van der Waals surface area contributed by atoms with E-state index in [0.29, 0.717) is 0 Å². The molecule has 0 aliphatic carbocycles. The third-order valence-electron chi connectivity index (χ3n) is 14.8. The lowest BCUT2D eigenvalue weighted by Crippen LogP contribution is -2.68. The third kappa shape index (κ3) is 12.1. The maximum Gasteiger partial charge on any atom is 0.187 e. The molecule has 21 aliphatic heterocycles. The minimum absolute atomic E-state index is 1.05. The van der Waals surface area contributed by atoms with Crippen molar-refractivity contribution in [1.29, 1.82) is 0 Å². The number of hydrogen-bond acceptors (Lipinski definition) is 35. The minimum Gasteiger partial charge on any atom is -0.394 e. The van der Waals surface area contributed by atoms with Gasteiger partial charge in [0.1, 0.15) is 171 Å². The first-order valence-electron chi connectivity index (χ1n) is 24.6. The lowest BCUT2D eigenvalue weighted by Gasteiger charge is -2.50. The summed E-state index contributed by atoms with van der Waals surface area (Å²) < 4.78 is 79.5. The first-order valence-corrected chi connectivity index (χ1v) is 24.6. The molecule has 0 amide bonds. The van der Waals surface area contributed by atoms with Gasteiger partial charge >= 0.3 is 0 Å². The van der Waals surface area contributed by atoms with Gasteiger partial charge in [0.15, 0.2) is 44.0 Å². The highest BCUT2D eigenvalue weighted by Crippen LogP contribution is 2.39. The van der Waals surface area contributed by atoms with Crippen LogP contribution in [0.3, 0.4) is 0 Å². The molecule has 21 aliphatic rings. The Balaban J connectivity index is 1.08. The van der Waals surface area contributed by atoms with Gasteiger partial charge in [-0.05, 0) is 0 Å². The fraction of sp³-hybridized carbons (Fsp3) is 1.00. The van der Waals surface area contributed by atoms with E-state index in [-0.39, 0.29) is 0 Å². The van der Waals surface area contributed by atoms with Gasteiger partial charge in [-0.1, -0.05) is 0 Å². The summed E-state index contributed by atoms with van der Waals surface area (Å²) in [6.45, 7) is -7.33. The molecule has 0 radical (unpaired) electrons. The number of ether oxygens (including phenoxy) is 14. The average Bonchev–Trinajstić information content (AvgIpc) is 3.47. The highest BCUT2D eigenvalue weighted by molar-refractivity contribution is 5.01. The van der Waals surface area contributed by atoms with E-state index < -0.39 is 261 Å². The van der Waals surface area contributed by atoms with Crippen LogP contribution >= 0.6 is 0 Å². The van der Waals surface area contributed by atoms with Crippen molar-refractivity contribution >= 4 is 0 Å². The number of aliphatic hydroxyl groups excluding tert-OH is 21. The smallest absolute Gasteiger partial charge is 0.187 e. The maximum absolute atomic E-state index is 11.3. The second-order valence-corrected chi connectivity index (χ2v) is 19.7. The number of rotatable bonds is 7. The molecule has 0 aromatic carbocycles. The van der Waals surface area contributed by atoms with Crippen molar-refractivity contribution in [2.75, 3.05) is 46.2 Å². The van der Waals surface area contributed by atoms with E-state index in [1.165, 1.54) is 0 Å². The van der Waals surface area contributed by atoms with Gasteiger partial charge in [0.2, 0.25) is 0 Å². The summed E-state index contributed by atoms with van der Waals surface area (Å²) >= 11 is 0. The summed E-state index contributed by atoms with van der Waals surface area (Å²) in [4.78, 5) is 0. The molecule has 21 saturated heterocycles. The fourth-order valence-corrected chi connectivity index (χ4v) is 10.4. The zero-order valence-electron chi connectivity index (χ0n) is 40.3. The normalized spacial score (nSPS) is 55.4. The average molecular weight is 1130 g/mol. The summed E-state index contributed by atoms with van der Waals surface area (Å²) in [5, 5.41) is 230. The van der Waals surface area contributed by atoms with Crippen LogP contribution in [-0.2, 0) is 66.3 Å². The van der Waals surface area contributed by atoms with Crippen LogP contribution in [0.1, 0.15) is 0 Å². The first kappa shape index (κ1) is 61.7. The van der Waals surface area contributed by atoms with Crippen LogP contribution in [0.2, 0.25) is 0 Å². The molecular formula is C42H70O35. The van der Waals surface area contributed by atoms with Crippen molar-refractivity contribution in [3.8, 4) is 0 Å². The highest BCUT2D eigenvalue weighted by atomic mass is 16.8. The molecule has 14 bridgehead atoms. The first-order chi connectivity index (χ1) is 36.7. The van der Waals surface area contributed by atoms with Crippen molar-refractivity contribution in [1.82, 2.24) is 0 Å². The Hall–Kier alpha value is -1.40. The topological polar surface area (TPSA) is 554 Å². The van der Waals surface area contributed by atoms with Gasteiger partial charge in [0.25, 0.3) is 0 Å². The number of hydrogen-bond donors (Lipinski definition) is 21. The van der Waals surface area contributed by atoms with Gasteiger partial charge in [0, 0.05) is 0 Å². The molecule has 448 valence electrons. The lowest BCUT2D eigenvalue weighted by atomic mass is 9.95. The largest absolute Gasteiger partial charge is 0.394 e. The predicted molar refractivity (Wildman–Crippen MR) is 228 cm³/mol. The van der Waals surface area contributed by atoms with E-state index in [1.54, 1.807) is 0 Å². The van der Waals surface area contributed by atoms with Gasteiger partial charge in [-0.15, -0.1) is 0 Å². The van der Waals surface area contributed by atoms with Gasteiger partial charge in [-0.25, -0.2) is 0 Å². The van der Waals surface area contributed by atoms with Crippen molar-refractivity contribution < 1.29 is 174 Å². The van der Waals surface area contributed by atoms with E-state index in [0.717, 1.165) is 0 Å². The van der Waals surface area contributed by atoms with Crippen LogP contribution in [0.5, 0.6) is 0 Å². The van der Waals surface area contributed by atoms with Crippen molar-refractivity contribution in [2.24, 2.45) is 0 Å². The molecule has 0 saturated carbocycles. The van der Waals surface area contributed by atoms with Crippen molar-refractivity contribution in [2.45, 2.75) is 215 Å². The van der Waals surface area contributed by atoms with E-state index in [9.17, 15) is 107 Å². The summed E-state index contributed by atoms with van der Waals surface area (Å²) in [6, 6.07) is 0. The molecule has 14 unspecified atom stereocenters. The second kappa shape index (κ2) is 26.0. The minimum atomic E-state index is -2.21. The van der Waals surface area contributed by atoms with Crippen LogP contribution in [-0.4, -0.2) is 368 Å². The van der Waals surface area contributed by atoms with Gasteiger partial charge in [-0.2, -0.15) is 0 Å². The van der Waals surface area contributed by atoms with Gasteiger partial charge < -0.3 is 174 Å². The molecule has 21 fully saturated rings. The van der Waals surface area contributed by atoms with E-state index in [4.69, 9.17) is 66.3 Å². The molecule has 0 aromatic rings. The zero-order chi connectivity index (χ0) is 56.1. The van der Waals surface area contributed by atoms with Crippen LogP contribution in [0, 0.1) is 0 Å². The molecule has 21 N–H and O–H groups in total. The van der Waals surface area contributed by atoms with E-state index >= 15 is 0 Å². The quantitative estimate of drug-likeness (QED) is 0.113. The Labute approximate surface area is 434 Å². The molecule has 21 heterocycles. The standard InChI is InChI=1S/C42H70O35/c43-1-8-29-15(50)22(57)36(64-8)72-30-9(2-44)66-38(24(59)17(30)52)74-32-11(4-46)68-40(26(61)19(32)54)76-34-13(6-48)70-42(28(63)21(34)56)77-35-14(7-49)69-41(27(62)20(35)55)75-33-12(5-47)67-39(25(60)18(33)53)73-31-10(3-45)65-37(71-29)23(58)16(31)51/h8-63H,1-7H2/t8?,9?,10?,11?,12?,13?,14?,15-,16-,17-,18-,19-,20-,21+,22?,23?,24?,25?,26?,27?,28?,29-,30-,31-,32-,33-,34-,35-,36+,37-,38-,39-,40+,41+,42+/m1/s1. The van der Waals surface area contributed by atoms with Crippen molar-refractivity contribution in [3.63, 3.8) is 0 Å². The molecule has 21 rings (SSSR count). The predicted octanol–water partition coefficient (Wildman–Crippen LogP) is -15.2. The van der Waals surface area contributed by atoms with E-state index in [2.05, 4.69) is 0 Å². The van der Waals surface area contributed by atoms with Gasteiger partial charge in [-0.3, -0.25) is 0 Å². The van der Waals surface area contributed by atoms with Crippen LogP contribution in [0.25, 0.3) is 0 Å². The summed E-state index contributed by atoms with van der Waals surface area (Å²) in [6.07, 6.45) is -70.2. The Morgan fingerprint density at radius 1 is 0.156 bits per heavy atom. The third-order valence-corrected chi connectivity index (χ3v) is 14.8. The lowest BCUT2D eigenvalue weighted by molar-refractivity contribution is -0.396. The Kier molecular flexibility index (Phi) is 20.8. The molecule has 0 spiro atoms. The molecule has 77 heavy (non-hydrogen) atoms. The second-order valence-electron chi connectivity index (χ2n) is 19.7. The SMILES string of the molecule is OCC1O[C@@H]2O[C@@H]3C(CO)O[C@@H](O[C@@H]4C(CO)O[C@H](O[C@@H]5C(CO)O[C@@H](O[C@@H]6C(CO)O[C@@H](O[C@@H]7C(CO)O[C@@H](O[C@@H]8C(CO)O[C@H](O[C@H]1[C@H](O)C2O)C(O)[C@H]8O)C(O)[C@H]7O)C(O)[C@@H]6O)C(O)[C@H]5O)C(O)[C@H]4O)C(O)[C@H]3O. The van der Waals surface area contributed by atoms with Gasteiger partial charge in [0.05, 0.1) is 46.2 Å². The zero-order valence-corrected chi connectivity index (χ0v) is 40.3. The summed E-state index contributed by atoms with van der Waals surface area (Å²) in [5.41, 5.74) is 0. The Morgan fingerprint density at radius 2 is 0.260 bits per heavy atom. The Morgan fingerprint density at radius 3 is 0.351 bits per heavy atom. The van der Waals surface area contributed by atoms with Crippen LogP contribution < -0.4 is 0 Å². The van der Waals surface area contributed by atoms with Crippen LogP contribution in [0.4, 0.5) is 0 Å².